The molecule has 0 spiro atoms. The first-order chi connectivity index (χ1) is 8.75. The van der Waals surface area contributed by atoms with Gasteiger partial charge in [0.2, 0.25) is 0 Å². The number of aromatic amines is 2. The predicted octanol–water partition coefficient (Wildman–Crippen LogP) is 1.83. The topological polar surface area (TPSA) is 66.5 Å². The van der Waals surface area contributed by atoms with Crippen LogP contribution in [0.5, 0.6) is 0 Å². The summed E-state index contributed by atoms with van der Waals surface area (Å²) in [5.41, 5.74) is 1.88. The van der Waals surface area contributed by atoms with E-state index in [1.54, 1.807) is 4.57 Å². The van der Waals surface area contributed by atoms with Crippen LogP contribution in [0.3, 0.4) is 0 Å². The minimum absolute atomic E-state index is 0.239. The second-order valence-corrected chi connectivity index (χ2v) is 4.32. The number of fused-ring (bicyclic) bond motifs is 1. The van der Waals surface area contributed by atoms with Crippen molar-refractivity contribution >= 4 is 23.4 Å². The van der Waals surface area contributed by atoms with Gasteiger partial charge in [-0.25, -0.2) is 4.98 Å². The average Bonchev–Trinajstić information content (AvgIpc) is 2.85. The van der Waals surface area contributed by atoms with E-state index in [4.69, 9.17) is 12.2 Å². The molecule has 18 heavy (non-hydrogen) atoms. The summed E-state index contributed by atoms with van der Waals surface area (Å²) in [6.45, 7) is 0.581. The molecule has 0 bridgehead atoms. The number of rotatable bonds is 2. The summed E-state index contributed by atoms with van der Waals surface area (Å²) in [6.07, 6.45) is 1.50. The number of imidazole rings is 1. The number of nitrogens with zero attached hydrogens (tertiary/aromatic N) is 2. The minimum atomic E-state index is -0.239. The Labute approximate surface area is 107 Å². The Morgan fingerprint density at radius 1 is 1.28 bits per heavy atom. The third kappa shape index (κ3) is 1.76. The SMILES string of the molecule is O=c1[nH]c(=S)n(Cc2ccccc2)c2nc[nH]c12. The summed E-state index contributed by atoms with van der Waals surface area (Å²) in [6, 6.07) is 9.90. The second kappa shape index (κ2) is 4.23. The van der Waals surface area contributed by atoms with Crippen LogP contribution < -0.4 is 5.56 Å². The summed E-state index contributed by atoms with van der Waals surface area (Å²) < 4.78 is 2.18. The monoisotopic (exact) mass is 258 g/mol. The number of nitrogens with one attached hydrogen (secondary N) is 2. The molecular formula is C12H10N4OS. The second-order valence-electron chi connectivity index (χ2n) is 3.93. The zero-order valence-electron chi connectivity index (χ0n) is 9.38. The highest BCUT2D eigenvalue weighted by Crippen LogP contribution is 2.08. The van der Waals surface area contributed by atoms with Crippen molar-refractivity contribution in [1.29, 1.82) is 0 Å². The van der Waals surface area contributed by atoms with Crippen molar-refractivity contribution in [2.24, 2.45) is 0 Å². The Kier molecular flexibility index (Phi) is 2.56. The van der Waals surface area contributed by atoms with E-state index >= 15 is 0 Å². The molecule has 6 heteroatoms. The molecule has 0 aliphatic heterocycles. The summed E-state index contributed by atoms with van der Waals surface area (Å²) in [5, 5.41) is 0. The van der Waals surface area contributed by atoms with Crippen LogP contribution in [-0.2, 0) is 6.54 Å². The first-order valence-corrected chi connectivity index (χ1v) is 5.86. The Balaban J connectivity index is 2.21. The summed E-state index contributed by atoms with van der Waals surface area (Å²) in [7, 11) is 0. The first-order valence-electron chi connectivity index (χ1n) is 5.46. The Bertz CT molecular complexity index is 800. The standard InChI is InChI=1S/C12H10N4OS/c17-11-9-10(14-7-13-9)16(12(18)15-11)6-8-4-2-1-3-5-8/h1-5,7H,6H2,(H,13,14)(H,15,17,18). The lowest BCUT2D eigenvalue weighted by Gasteiger charge is -2.07. The van der Waals surface area contributed by atoms with Crippen LogP contribution in [0, 0.1) is 4.77 Å². The molecule has 0 radical (unpaired) electrons. The first kappa shape index (κ1) is 10.9. The van der Waals surface area contributed by atoms with Crippen molar-refractivity contribution < 1.29 is 0 Å². The molecule has 0 aliphatic rings. The minimum Gasteiger partial charge on any atom is -0.339 e. The molecule has 1 aromatic carbocycles. The van der Waals surface area contributed by atoms with Gasteiger partial charge in [-0.1, -0.05) is 30.3 Å². The van der Waals surface area contributed by atoms with Gasteiger partial charge in [-0.2, -0.15) is 0 Å². The summed E-state index contributed by atoms with van der Waals surface area (Å²) in [5.74, 6) is 0. The third-order valence-corrected chi connectivity index (χ3v) is 3.07. The van der Waals surface area contributed by atoms with Gasteiger partial charge in [-0.05, 0) is 17.8 Å². The van der Waals surface area contributed by atoms with Crippen LogP contribution in [0.15, 0.2) is 41.5 Å². The van der Waals surface area contributed by atoms with Gasteiger partial charge in [0, 0.05) is 0 Å². The zero-order chi connectivity index (χ0) is 12.5. The molecular weight excluding hydrogens is 248 g/mol. The van der Waals surface area contributed by atoms with Gasteiger partial charge in [0.15, 0.2) is 10.4 Å². The molecule has 0 aliphatic carbocycles. The number of benzene rings is 1. The largest absolute Gasteiger partial charge is 0.339 e. The predicted molar refractivity (Wildman–Crippen MR) is 71.1 cm³/mol. The normalized spacial score (nSPS) is 10.9. The van der Waals surface area contributed by atoms with Crippen molar-refractivity contribution in [3.05, 3.63) is 57.3 Å². The lowest BCUT2D eigenvalue weighted by molar-refractivity contribution is 0.773. The molecule has 90 valence electrons. The molecule has 3 aromatic rings. The van der Waals surface area contributed by atoms with Crippen molar-refractivity contribution in [2.75, 3.05) is 0 Å². The lowest BCUT2D eigenvalue weighted by Crippen LogP contribution is -2.15. The molecule has 0 saturated heterocycles. The van der Waals surface area contributed by atoms with E-state index in [9.17, 15) is 4.79 Å². The highest BCUT2D eigenvalue weighted by molar-refractivity contribution is 7.71. The molecule has 2 heterocycles. The van der Waals surface area contributed by atoms with E-state index in [1.807, 2.05) is 30.3 Å². The summed E-state index contributed by atoms with van der Waals surface area (Å²) in [4.78, 5) is 21.3. The average molecular weight is 258 g/mol. The van der Waals surface area contributed by atoms with Crippen LogP contribution in [0.1, 0.15) is 5.56 Å². The fraction of sp³-hybridized carbons (Fsp3) is 0.0833. The van der Waals surface area contributed by atoms with E-state index in [1.165, 1.54) is 6.33 Å². The maximum Gasteiger partial charge on any atom is 0.277 e. The van der Waals surface area contributed by atoms with Gasteiger partial charge in [-0.3, -0.25) is 14.3 Å². The molecule has 0 atom stereocenters. The third-order valence-electron chi connectivity index (χ3n) is 2.75. The summed E-state index contributed by atoms with van der Waals surface area (Å²) >= 11 is 5.19. The van der Waals surface area contributed by atoms with E-state index in [0.29, 0.717) is 22.5 Å². The molecule has 2 aromatic heterocycles. The van der Waals surface area contributed by atoms with Crippen molar-refractivity contribution in [1.82, 2.24) is 19.5 Å². The molecule has 0 saturated carbocycles. The van der Waals surface area contributed by atoms with Crippen LogP contribution in [0.4, 0.5) is 0 Å². The van der Waals surface area contributed by atoms with Crippen molar-refractivity contribution in [3.8, 4) is 0 Å². The van der Waals surface area contributed by atoms with Crippen molar-refractivity contribution in [2.45, 2.75) is 6.54 Å². The van der Waals surface area contributed by atoms with E-state index in [-0.39, 0.29) is 5.56 Å². The number of H-pyrrole nitrogens is 2. The molecule has 2 N–H and O–H groups in total. The molecule has 3 rings (SSSR count). The highest BCUT2D eigenvalue weighted by atomic mass is 32.1. The van der Waals surface area contributed by atoms with Gasteiger partial charge >= 0.3 is 0 Å². The fourth-order valence-corrected chi connectivity index (χ4v) is 2.14. The van der Waals surface area contributed by atoms with E-state index < -0.39 is 0 Å². The quantitative estimate of drug-likeness (QED) is 0.689. The van der Waals surface area contributed by atoms with Gasteiger partial charge in [0.05, 0.1) is 12.9 Å². The maximum atomic E-state index is 11.7. The number of hydrogen-bond donors (Lipinski definition) is 2. The van der Waals surface area contributed by atoms with Gasteiger partial charge in [-0.15, -0.1) is 0 Å². The van der Waals surface area contributed by atoms with Gasteiger partial charge in [0.1, 0.15) is 5.52 Å². The van der Waals surface area contributed by atoms with Crippen LogP contribution in [0.25, 0.3) is 11.2 Å². The smallest absolute Gasteiger partial charge is 0.277 e. The van der Waals surface area contributed by atoms with E-state index in [2.05, 4.69) is 15.0 Å². The van der Waals surface area contributed by atoms with Crippen LogP contribution in [-0.4, -0.2) is 19.5 Å². The molecule has 0 amide bonds. The fourth-order valence-electron chi connectivity index (χ4n) is 1.89. The van der Waals surface area contributed by atoms with Gasteiger partial charge in [0.25, 0.3) is 5.56 Å². The number of hydrogen-bond acceptors (Lipinski definition) is 3. The lowest BCUT2D eigenvalue weighted by atomic mass is 10.2. The van der Waals surface area contributed by atoms with Crippen LogP contribution >= 0.6 is 12.2 Å². The van der Waals surface area contributed by atoms with Gasteiger partial charge < -0.3 is 4.98 Å². The Morgan fingerprint density at radius 3 is 2.83 bits per heavy atom. The molecule has 0 fully saturated rings. The van der Waals surface area contributed by atoms with E-state index in [0.717, 1.165) is 5.56 Å². The Morgan fingerprint density at radius 2 is 2.06 bits per heavy atom. The maximum absolute atomic E-state index is 11.7. The van der Waals surface area contributed by atoms with Crippen LogP contribution in [0.2, 0.25) is 0 Å². The molecule has 5 nitrogen and oxygen atoms in total. The zero-order valence-corrected chi connectivity index (χ0v) is 10.2. The molecule has 0 unspecified atom stereocenters. The number of aromatic nitrogens is 4. The highest BCUT2D eigenvalue weighted by Gasteiger charge is 2.07. The Hall–Kier alpha value is -2.21. The van der Waals surface area contributed by atoms with Crippen molar-refractivity contribution in [3.63, 3.8) is 0 Å².